The molecule has 3 aromatic rings. The molecule has 0 saturated heterocycles. The largest absolute Gasteiger partial charge is 0.465 e. The number of rotatable bonds is 7. The molecule has 6 heteroatoms. The Morgan fingerprint density at radius 1 is 1.11 bits per heavy atom. The summed E-state index contributed by atoms with van der Waals surface area (Å²) in [5, 5.41) is 2.81. The number of nitrogens with zero attached hydrogens (tertiary/aromatic N) is 2. The standard InChI is InChI=1S/C21H21N3O3/c1-2-27-21(26)15-24-18-11-7-6-10-17(18)23-19(24)14-22-20(25)13-12-16-8-4-3-5-9-16/h3-13H,2,14-15H2,1H3,(H,22,25)/b13-12-. The Kier molecular flexibility index (Phi) is 5.99. The zero-order valence-electron chi connectivity index (χ0n) is 15.1. The maximum Gasteiger partial charge on any atom is 0.326 e. The van der Waals surface area contributed by atoms with Gasteiger partial charge in [-0.2, -0.15) is 0 Å². The van der Waals surface area contributed by atoms with Crippen LogP contribution in [0.2, 0.25) is 0 Å². The van der Waals surface area contributed by atoms with E-state index in [0.29, 0.717) is 12.4 Å². The minimum absolute atomic E-state index is 0.0550. The number of hydrogen-bond acceptors (Lipinski definition) is 4. The van der Waals surface area contributed by atoms with Crippen LogP contribution in [0.25, 0.3) is 17.1 Å². The van der Waals surface area contributed by atoms with Gasteiger partial charge in [0, 0.05) is 6.08 Å². The molecule has 0 aliphatic rings. The zero-order valence-corrected chi connectivity index (χ0v) is 15.1. The fraction of sp³-hybridized carbons (Fsp3) is 0.190. The van der Waals surface area contributed by atoms with Gasteiger partial charge < -0.3 is 14.6 Å². The van der Waals surface area contributed by atoms with E-state index in [4.69, 9.17) is 4.74 Å². The van der Waals surface area contributed by atoms with Crippen LogP contribution in [0.15, 0.2) is 60.7 Å². The van der Waals surface area contributed by atoms with Gasteiger partial charge in [-0.25, -0.2) is 4.98 Å². The summed E-state index contributed by atoms with van der Waals surface area (Å²) in [4.78, 5) is 28.6. The summed E-state index contributed by atoms with van der Waals surface area (Å²) in [5.74, 6) is 0.0384. The second-order valence-corrected chi connectivity index (χ2v) is 5.87. The van der Waals surface area contributed by atoms with Gasteiger partial charge in [-0.3, -0.25) is 9.59 Å². The van der Waals surface area contributed by atoms with Gasteiger partial charge in [0.25, 0.3) is 0 Å². The van der Waals surface area contributed by atoms with Crippen LogP contribution in [-0.4, -0.2) is 28.0 Å². The maximum atomic E-state index is 12.1. The SMILES string of the molecule is CCOC(=O)Cn1c(CNC(=O)/C=C\c2ccccc2)nc2ccccc21. The lowest BCUT2D eigenvalue weighted by molar-refractivity contribution is -0.143. The third kappa shape index (κ3) is 4.82. The van der Waals surface area contributed by atoms with E-state index in [0.717, 1.165) is 16.6 Å². The van der Waals surface area contributed by atoms with Crippen LogP contribution < -0.4 is 5.32 Å². The van der Waals surface area contributed by atoms with Gasteiger partial charge in [0.1, 0.15) is 12.4 Å². The van der Waals surface area contributed by atoms with Crippen molar-refractivity contribution in [2.45, 2.75) is 20.0 Å². The lowest BCUT2D eigenvalue weighted by Gasteiger charge is -2.09. The van der Waals surface area contributed by atoms with Crippen molar-refractivity contribution in [3.8, 4) is 0 Å². The molecular formula is C21H21N3O3. The second kappa shape index (κ2) is 8.80. The van der Waals surface area contributed by atoms with E-state index < -0.39 is 0 Å². The smallest absolute Gasteiger partial charge is 0.326 e. The average Bonchev–Trinajstić information content (AvgIpc) is 3.03. The number of amides is 1. The lowest BCUT2D eigenvalue weighted by atomic mass is 10.2. The van der Waals surface area contributed by atoms with Crippen molar-refractivity contribution >= 4 is 29.0 Å². The summed E-state index contributed by atoms with van der Waals surface area (Å²) in [7, 11) is 0. The van der Waals surface area contributed by atoms with Crippen molar-refractivity contribution < 1.29 is 14.3 Å². The Bertz CT molecular complexity index is 961. The van der Waals surface area contributed by atoms with Crippen LogP contribution in [0.5, 0.6) is 0 Å². The highest BCUT2D eigenvalue weighted by molar-refractivity contribution is 5.91. The maximum absolute atomic E-state index is 12.1. The molecule has 0 aliphatic carbocycles. The Balaban J connectivity index is 1.73. The fourth-order valence-electron chi connectivity index (χ4n) is 2.73. The highest BCUT2D eigenvalue weighted by atomic mass is 16.5. The van der Waals surface area contributed by atoms with Crippen LogP contribution in [0.1, 0.15) is 18.3 Å². The van der Waals surface area contributed by atoms with Crippen molar-refractivity contribution in [3.63, 3.8) is 0 Å². The van der Waals surface area contributed by atoms with Crippen molar-refractivity contribution in [1.29, 1.82) is 0 Å². The van der Waals surface area contributed by atoms with E-state index >= 15 is 0 Å². The van der Waals surface area contributed by atoms with E-state index in [1.165, 1.54) is 6.08 Å². The molecular weight excluding hydrogens is 342 g/mol. The predicted molar refractivity (Wildman–Crippen MR) is 104 cm³/mol. The number of imidazole rings is 1. The van der Waals surface area contributed by atoms with Crippen LogP contribution >= 0.6 is 0 Å². The topological polar surface area (TPSA) is 73.2 Å². The molecule has 0 bridgehead atoms. The number of nitrogens with one attached hydrogen (secondary N) is 1. The number of carbonyl (C=O) groups excluding carboxylic acids is 2. The summed E-state index contributed by atoms with van der Waals surface area (Å²) in [6, 6.07) is 17.1. The van der Waals surface area contributed by atoms with Gasteiger partial charge in [0.15, 0.2) is 0 Å². The highest BCUT2D eigenvalue weighted by Gasteiger charge is 2.14. The number of carbonyl (C=O) groups is 2. The molecule has 1 aromatic heterocycles. The van der Waals surface area contributed by atoms with Crippen molar-refractivity contribution in [2.24, 2.45) is 0 Å². The quantitative estimate of drug-likeness (QED) is 0.517. The van der Waals surface area contributed by atoms with E-state index in [2.05, 4.69) is 10.3 Å². The second-order valence-electron chi connectivity index (χ2n) is 5.87. The monoisotopic (exact) mass is 363 g/mol. The molecule has 3 rings (SSSR count). The summed E-state index contributed by atoms with van der Waals surface area (Å²) in [5.41, 5.74) is 2.54. The number of aromatic nitrogens is 2. The molecule has 0 saturated carbocycles. The molecule has 1 N–H and O–H groups in total. The van der Waals surface area contributed by atoms with E-state index in [9.17, 15) is 9.59 Å². The molecule has 2 aromatic carbocycles. The molecule has 0 spiro atoms. The Morgan fingerprint density at radius 2 is 1.85 bits per heavy atom. The first kappa shape index (κ1) is 18.4. The summed E-state index contributed by atoms with van der Waals surface area (Å²) in [6.45, 7) is 2.36. The van der Waals surface area contributed by atoms with Gasteiger partial charge in [-0.15, -0.1) is 0 Å². The Morgan fingerprint density at radius 3 is 2.63 bits per heavy atom. The van der Waals surface area contributed by atoms with E-state index in [1.807, 2.05) is 54.6 Å². The average molecular weight is 363 g/mol. The zero-order chi connectivity index (χ0) is 19.1. The summed E-state index contributed by atoms with van der Waals surface area (Å²) in [6.07, 6.45) is 3.23. The highest BCUT2D eigenvalue weighted by Crippen LogP contribution is 2.16. The van der Waals surface area contributed by atoms with Gasteiger partial charge in [-0.05, 0) is 30.7 Å². The fourth-order valence-corrected chi connectivity index (χ4v) is 2.73. The van der Waals surface area contributed by atoms with Gasteiger partial charge in [0.2, 0.25) is 5.91 Å². The number of esters is 1. The van der Waals surface area contributed by atoms with Crippen LogP contribution in [0, 0.1) is 0 Å². The minimum Gasteiger partial charge on any atom is -0.465 e. The number of para-hydroxylation sites is 2. The molecule has 0 aliphatic heterocycles. The molecule has 1 amide bonds. The first-order valence-corrected chi connectivity index (χ1v) is 8.78. The molecule has 1 heterocycles. The normalized spacial score (nSPS) is 11.0. The molecule has 27 heavy (non-hydrogen) atoms. The van der Waals surface area contributed by atoms with E-state index in [1.54, 1.807) is 17.6 Å². The van der Waals surface area contributed by atoms with Crippen LogP contribution in [-0.2, 0) is 27.4 Å². The van der Waals surface area contributed by atoms with Gasteiger partial charge in [-0.1, -0.05) is 42.5 Å². The molecule has 0 atom stereocenters. The van der Waals surface area contributed by atoms with Crippen molar-refractivity contribution in [2.75, 3.05) is 6.61 Å². The third-order valence-corrected chi connectivity index (χ3v) is 3.97. The summed E-state index contributed by atoms with van der Waals surface area (Å²) < 4.78 is 6.82. The number of benzene rings is 2. The molecule has 138 valence electrons. The predicted octanol–water partition coefficient (Wildman–Crippen LogP) is 2.93. The van der Waals surface area contributed by atoms with Crippen LogP contribution in [0.4, 0.5) is 0 Å². The van der Waals surface area contributed by atoms with Crippen molar-refractivity contribution in [3.05, 3.63) is 72.1 Å². The molecule has 0 fully saturated rings. The Labute approximate surface area is 157 Å². The molecule has 6 nitrogen and oxygen atoms in total. The van der Waals surface area contributed by atoms with Gasteiger partial charge >= 0.3 is 5.97 Å². The lowest BCUT2D eigenvalue weighted by Crippen LogP contribution is -2.24. The minimum atomic E-state index is -0.336. The van der Waals surface area contributed by atoms with Crippen LogP contribution in [0.3, 0.4) is 0 Å². The number of fused-ring (bicyclic) bond motifs is 1. The van der Waals surface area contributed by atoms with Gasteiger partial charge in [0.05, 0.1) is 24.2 Å². The summed E-state index contributed by atoms with van der Waals surface area (Å²) >= 11 is 0. The number of ether oxygens (including phenoxy) is 1. The molecule has 0 radical (unpaired) electrons. The first-order chi connectivity index (χ1) is 13.2. The van der Waals surface area contributed by atoms with E-state index in [-0.39, 0.29) is 25.0 Å². The van der Waals surface area contributed by atoms with Crippen molar-refractivity contribution in [1.82, 2.24) is 14.9 Å². The molecule has 0 unspecified atom stereocenters. The Hall–Kier alpha value is -3.41. The number of hydrogen-bond donors (Lipinski definition) is 1. The first-order valence-electron chi connectivity index (χ1n) is 8.78. The third-order valence-electron chi connectivity index (χ3n) is 3.97.